The summed E-state index contributed by atoms with van der Waals surface area (Å²) >= 11 is 0. The molecule has 1 aliphatic heterocycles. The SMILES string of the molecule is C=C(Oc1cc(C(=O)O)ccc1O)C(=O)O.Nc1ccc(/C=C/C(=O)O)cc1.Nc1ccc(CC(=O)C(=O)O)cc1.Nc1ccc(CC(N)C(=O)O)cc1.OC[C@H]1OC(O)[C@H](O)[C@@H](O)[C@@H]1O. The molecule has 19 N–H and O–H groups in total. The van der Waals surface area contributed by atoms with Crippen LogP contribution in [0.15, 0.2) is 109 Å². The van der Waals surface area contributed by atoms with E-state index in [1.54, 1.807) is 72.8 Å². The zero-order valence-corrected chi connectivity index (χ0v) is 34.6. The van der Waals surface area contributed by atoms with Gasteiger partial charge in [-0.15, -0.1) is 0 Å². The van der Waals surface area contributed by atoms with Crippen LogP contribution < -0.4 is 27.7 Å². The number of anilines is 3. The third-order valence-electron chi connectivity index (χ3n) is 8.24. The topological polar surface area (TPSA) is 447 Å². The van der Waals surface area contributed by atoms with E-state index in [9.17, 15) is 33.9 Å². The fourth-order valence-corrected chi connectivity index (χ4v) is 4.65. The van der Waals surface area contributed by atoms with E-state index < -0.39 is 84.7 Å². The van der Waals surface area contributed by atoms with Crippen molar-refractivity contribution in [3.8, 4) is 11.5 Å². The van der Waals surface area contributed by atoms with Crippen LogP contribution in [0.4, 0.5) is 17.1 Å². The maximum absolute atomic E-state index is 10.8. The van der Waals surface area contributed by atoms with Crippen LogP contribution in [0.3, 0.4) is 0 Å². The molecule has 1 saturated heterocycles. The predicted molar refractivity (Wildman–Crippen MR) is 233 cm³/mol. The molecule has 356 valence electrons. The third kappa shape index (κ3) is 21.0. The van der Waals surface area contributed by atoms with Crippen molar-refractivity contribution in [3.63, 3.8) is 0 Å². The van der Waals surface area contributed by atoms with Gasteiger partial charge < -0.3 is 88.6 Å². The molecule has 0 saturated carbocycles. The van der Waals surface area contributed by atoms with Gasteiger partial charge in [-0.25, -0.2) is 19.2 Å². The second kappa shape index (κ2) is 28.0. The Balaban J connectivity index is 0.000000414. The molecule has 0 aliphatic carbocycles. The van der Waals surface area contributed by atoms with Crippen LogP contribution in [-0.2, 0) is 41.6 Å². The van der Waals surface area contributed by atoms with Gasteiger partial charge in [0.1, 0.15) is 30.5 Å². The van der Waals surface area contributed by atoms with Gasteiger partial charge in [-0.05, 0) is 90.4 Å². The van der Waals surface area contributed by atoms with Gasteiger partial charge in [0.2, 0.25) is 11.5 Å². The van der Waals surface area contributed by atoms with Gasteiger partial charge >= 0.3 is 29.8 Å². The summed E-state index contributed by atoms with van der Waals surface area (Å²) in [6.07, 6.45) is -4.19. The van der Waals surface area contributed by atoms with E-state index in [1.807, 2.05) is 0 Å². The Morgan fingerprint density at radius 3 is 1.64 bits per heavy atom. The smallest absolute Gasteiger partial charge is 0.372 e. The van der Waals surface area contributed by atoms with Gasteiger partial charge in [-0.3, -0.25) is 9.59 Å². The van der Waals surface area contributed by atoms with E-state index in [4.69, 9.17) is 78.7 Å². The average molecular weight is 927 g/mol. The number of ketones is 1. The minimum Gasteiger partial charge on any atom is -0.504 e. The molecule has 5 rings (SSSR count). The lowest BCUT2D eigenvalue weighted by molar-refractivity contribution is -0.286. The lowest BCUT2D eigenvalue weighted by Crippen LogP contribution is -2.58. The number of carbonyl (C=O) groups is 6. The van der Waals surface area contributed by atoms with E-state index >= 15 is 0 Å². The number of aromatic carboxylic acids is 1. The number of aliphatic carboxylic acids is 4. The molecule has 4 aromatic carbocycles. The first-order valence-corrected chi connectivity index (χ1v) is 18.7. The number of benzene rings is 4. The van der Waals surface area contributed by atoms with Crippen molar-refractivity contribution in [3.05, 3.63) is 132 Å². The lowest BCUT2D eigenvalue weighted by atomic mass is 10.00. The summed E-state index contributed by atoms with van der Waals surface area (Å²) in [6.45, 7) is 2.56. The number of hydrogen-bond donors (Lipinski definition) is 15. The second-order valence-electron chi connectivity index (χ2n) is 13.4. The number of carbonyl (C=O) groups excluding carboxylic acids is 1. The zero-order valence-electron chi connectivity index (χ0n) is 34.6. The number of phenolic OH excluding ortho intramolecular Hbond substituents is 1. The summed E-state index contributed by atoms with van der Waals surface area (Å²) in [5.74, 6) is -8.03. The third-order valence-corrected chi connectivity index (χ3v) is 8.24. The number of phenols is 1. The highest BCUT2D eigenvalue weighted by atomic mass is 16.6. The molecule has 0 radical (unpaired) electrons. The average Bonchev–Trinajstić information content (AvgIpc) is 3.27. The number of aliphatic hydroxyl groups is 5. The Labute approximate surface area is 374 Å². The molecule has 0 bridgehead atoms. The summed E-state index contributed by atoms with van der Waals surface area (Å²) in [6, 6.07) is 22.9. The van der Waals surface area contributed by atoms with Crippen molar-refractivity contribution in [1.29, 1.82) is 0 Å². The molecule has 1 aliphatic rings. The highest BCUT2D eigenvalue weighted by Gasteiger charge is 2.42. The van der Waals surface area contributed by atoms with E-state index in [0.717, 1.165) is 35.4 Å². The highest BCUT2D eigenvalue weighted by Crippen LogP contribution is 2.28. The zero-order chi connectivity index (χ0) is 50.3. The van der Waals surface area contributed by atoms with Crippen LogP contribution in [0.1, 0.15) is 27.0 Å². The highest BCUT2D eigenvalue weighted by molar-refractivity contribution is 6.33. The second-order valence-corrected chi connectivity index (χ2v) is 13.4. The van der Waals surface area contributed by atoms with Crippen LogP contribution in [0.5, 0.6) is 11.5 Å². The number of carboxylic acids is 5. The quantitative estimate of drug-likeness (QED) is 0.0360. The number of carboxylic acid groups (broad SMARTS) is 5. The number of ether oxygens (including phenoxy) is 2. The molecule has 1 fully saturated rings. The van der Waals surface area contributed by atoms with Crippen molar-refractivity contribution in [2.75, 3.05) is 23.8 Å². The molecule has 2 unspecified atom stereocenters. The number of rotatable bonds is 13. The van der Waals surface area contributed by atoms with Gasteiger partial charge in [0.25, 0.3) is 0 Å². The van der Waals surface area contributed by atoms with Crippen molar-refractivity contribution in [1.82, 2.24) is 0 Å². The first kappa shape index (κ1) is 56.1. The van der Waals surface area contributed by atoms with Crippen LogP contribution in [0.2, 0.25) is 0 Å². The fraction of sp³-hybridized carbons (Fsp3) is 0.209. The van der Waals surface area contributed by atoms with Crippen LogP contribution in [-0.4, -0.2) is 135 Å². The van der Waals surface area contributed by atoms with Crippen LogP contribution >= 0.6 is 0 Å². The maximum atomic E-state index is 10.8. The van der Waals surface area contributed by atoms with Crippen LogP contribution in [0.25, 0.3) is 6.08 Å². The summed E-state index contributed by atoms with van der Waals surface area (Å²) in [7, 11) is 0. The monoisotopic (exact) mass is 926 g/mol. The molecule has 23 nitrogen and oxygen atoms in total. The Bertz CT molecular complexity index is 2270. The first-order valence-electron chi connectivity index (χ1n) is 18.7. The molecular formula is C43H50N4O19. The normalized spacial score (nSPS) is 17.5. The fourth-order valence-electron chi connectivity index (χ4n) is 4.65. The number of aliphatic hydroxyl groups excluding tert-OH is 5. The molecule has 0 spiro atoms. The van der Waals surface area contributed by atoms with Gasteiger partial charge in [0.05, 0.1) is 12.2 Å². The molecule has 4 aromatic rings. The molecule has 0 amide bonds. The minimum absolute atomic E-state index is 0.0877. The summed E-state index contributed by atoms with van der Waals surface area (Å²) in [5.41, 5.74) is 25.8. The van der Waals surface area contributed by atoms with Gasteiger partial charge in [0.15, 0.2) is 17.8 Å². The number of Topliss-reactive ketones (excluding diaryl/α,β-unsaturated/α-hetero) is 1. The molecule has 6 atom stereocenters. The summed E-state index contributed by atoms with van der Waals surface area (Å²) in [4.78, 5) is 62.5. The lowest BCUT2D eigenvalue weighted by Gasteiger charge is -2.37. The molecule has 66 heavy (non-hydrogen) atoms. The van der Waals surface area contributed by atoms with Gasteiger partial charge in [-0.1, -0.05) is 36.4 Å². The van der Waals surface area contributed by atoms with E-state index in [1.165, 1.54) is 6.08 Å². The van der Waals surface area contributed by atoms with E-state index in [2.05, 4.69) is 11.3 Å². The first-order chi connectivity index (χ1) is 30.9. The largest absolute Gasteiger partial charge is 0.504 e. The Kier molecular flexibility index (Phi) is 23.8. The van der Waals surface area contributed by atoms with E-state index in [0.29, 0.717) is 29.0 Å². The Morgan fingerprint density at radius 1 is 0.697 bits per heavy atom. The Hall–Kier alpha value is -7.90. The van der Waals surface area contributed by atoms with Gasteiger partial charge in [0, 0.05) is 29.6 Å². The van der Waals surface area contributed by atoms with Crippen molar-refractivity contribution < 1.29 is 94.4 Å². The maximum Gasteiger partial charge on any atom is 0.372 e. The van der Waals surface area contributed by atoms with Crippen molar-refractivity contribution >= 4 is 58.8 Å². The van der Waals surface area contributed by atoms with Crippen molar-refractivity contribution in [2.45, 2.75) is 49.6 Å². The number of hydrogen-bond acceptors (Lipinski definition) is 18. The summed E-state index contributed by atoms with van der Waals surface area (Å²) in [5, 5.41) is 96.3. The van der Waals surface area contributed by atoms with Crippen molar-refractivity contribution in [2.24, 2.45) is 5.73 Å². The van der Waals surface area contributed by atoms with Gasteiger partial charge in [-0.2, -0.15) is 0 Å². The summed E-state index contributed by atoms with van der Waals surface area (Å²) < 4.78 is 9.27. The Morgan fingerprint density at radius 2 is 1.20 bits per heavy atom. The molecule has 23 heteroatoms. The number of nitrogen functional groups attached to an aromatic ring is 3. The number of nitrogens with two attached hydrogens (primary N) is 4. The molecule has 1 heterocycles. The predicted octanol–water partition coefficient (Wildman–Crippen LogP) is -0.0991. The molecule has 0 aromatic heterocycles. The standard InChI is InChI=1S/C10H8O6.C9H12N2O2.C9H9NO3.C9H9NO2.C6H12O6/c1-5(9(12)13)16-8-4-6(10(14)15)2-3-7(8)11;2*10-7-3-1-6(2-4-7)5-8(11)9(12)13;10-8-4-1-7(2-5-8)3-6-9(11)12;7-1-2-3(8)4(9)5(10)6(11)12-2/h2-4,11H,1H2,(H,12,13)(H,14,15);1-4,8H,5,10-11H2,(H,12,13);1-4H,5,10H2,(H,12,13);1-6H,10H2,(H,11,12);2-11H,1H2/b;;;6-3+;/t;;;;2-,3-,4+,5-,6?/m....1/s1. The molecular weight excluding hydrogens is 876 g/mol. The minimum atomic E-state index is -1.57. The number of aromatic hydroxyl groups is 1. The van der Waals surface area contributed by atoms with Crippen LogP contribution in [0, 0.1) is 0 Å². The van der Waals surface area contributed by atoms with E-state index in [-0.39, 0.29) is 23.5 Å².